The molecule has 0 aromatic heterocycles. The topological polar surface area (TPSA) is 61.4 Å². The van der Waals surface area contributed by atoms with E-state index in [0.717, 1.165) is 54.4 Å². The first-order valence-electron chi connectivity index (χ1n) is 10.7. The van der Waals surface area contributed by atoms with Crippen molar-refractivity contribution in [3.05, 3.63) is 64.7 Å². The summed E-state index contributed by atoms with van der Waals surface area (Å²) >= 11 is 1.96. The fourth-order valence-electron chi connectivity index (χ4n) is 3.66. The van der Waals surface area contributed by atoms with Crippen LogP contribution in [0.25, 0.3) is 0 Å². The van der Waals surface area contributed by atoms with Crippen LogP contribution in [0, 0.1) is 24.5 Å². The number of anilines is 1. The molecule has 0 aliphatic carbocycles. The second kappa shape index (κ2) is 10.9. The summed E-state index contributed by atoms with van der Waals surface area (Å²) in [5.74, 6) is -1.37. The molecule has 2 amide bonds. The number of nitrogens with zero attached hydrogens (tertiary/aromatic N) is 1. The normalized spacial score (nSPS) is 15.4. The van der Waals surface area contributed by atoms with Crippen LogP contribution in [0.3, 0.4) is 0 Å². The van der Waals surface area contributed by atoms with Gasteiger partial charge in [-0.3, -0.25) is 14.5 Å². The lowest BCUT2D eigenvalue weighted by Crippen LogP contribution is -2.47. The fourth-order valence-corrected chi connectivity index (χ4v) is 4.64. The predicted molar refractivity (Wildman–Crippen MR) is 125 cm³/mol. The Kier molecular flexibility index (Phi) is 8.26. The maximum atomic E-state index is 14.0. The molecule has 8 heteroatoms. The Morgan fingerprint density at radius 1 is 1.06 bits per heavy atom. The molecule has 1 aliphatic heterocycles. The number of hydrogen-bond acceptors (Lipinski definition) is 4. The molecule has 2 aromatic carbocycles. The minimum Gasteiger partial charge on any atom is -0.340 e. The molecule has 0 bridgehead atoms. The van der Waals surface area contributed by atoms with E-state index >= 15 is 0 Å². The Balaban J connectivity index is 1.73. The third kappa shape index (κ3) is 5.86. The van der Waals surface area contributed by atoms with Gasteiger partial charge in [0, 0.05) is 36.8 Å². The Hall–Kier alpha value is -2.45. The predicted octanol–water partition coefficient (Wildman–Crippen LogP) is 4.22. The zero-order valence-corrected chi connectivity index (χ0v) is 19.4. The summed E-state index contributed by atoms with van der Waals surface area (Å²) in [5.41, 5.74) is 2.07. The molecule has 1 saturated heterocycles. The van der Waals surface area contributed by atoms with Gasteiger partial charge in [0.2, 0.25) is 5.91 Å². The van der Waals surface area contributed by atoms with Crippen LogP contribution >= 0.6 is 11.8 Å². The number of amides is 2. The van der Waals surface area contributed by atoms with Crippen LogP contribution in [0.1, 0.15) is 35.3 Å². The molecule has 0 spiro atoms. The van der Waals surface area contributed by atoms with E-state index in [4.69, 9.17) is 0 Å². The minimum absolute atomic E-state index is 0.289. The van der Waals surface area contributed by atoms with E-state index < -0.39 is 35.1 Å². The van der Waals surface area contributed by atoms with Gasteiger partial charge < -0.3 is 10.6 Å². The van der Waals surface area contributed by atoms with Gasteiger partial charge in [-0.1, -0.05) is 32.0 Å². The van der Waals surface area contributed by atoms with Crippen molar-refractivity contribution in [2.24, 2.45) is 5.92 Å². The summed E-state index contributed by atoms with van der Waals surface area (Å²) in [6.45, 7) is 8.37. The molecule has 172 valence electrons. The van der Waals surface area contributed by atoms with Crippen LogP contribution in [0.15, 0.2) is 36.4 Å². The molecule has 1 aliphatic rings. The third-order valence-corrected chi connectivity index (χ3v) is 6.57. The number of halogens is 2. The van der Waals surface area contributed by atoms with Gasteiger partial charge in [0.1, 0.15) is 23.2 Å². The van der Waals surface area contributed by atoms with Crippen molar-refractivity contribution in [1.29, 1.82) is 0 Å². The molecule has 1 atom stereocenters. The zero-order valence-electron chi connectivity index (χ0n) is 18.6. The van der Waals surface area contributed by atoms with Gasteiger partial charge >= 0.3 is 0 Å². The maximum Gasteiger partial charge on any atom is 0.257 e. The Bertz CT molecular complexity index is 957. The average Bonchev–Trinajstić information content (AvgIpc) is 2.75. The molecule has 32 heavy (non-hydrogen) atoms. The van der Waals surface area contributed by atoms with Gasteiger partial charge in [0.25, 0.3) is 5.91 Å². The van der Waals surface area contributed by atoms with Crippen molar-refractivity contribution in [2.45, 2.75) is 33.4 Å². The Morgan fingerprint density at radius 2 is 1.69 bits per heavy atom. The van der Waals surface area contributed by atoms with Crippen LogP contribution < -0.4 is 10.6 Å². The van der Waals surface area contributed by atoms with Crippen LogP contribution in [0.2, 0.25) is 0 Å². The Morgan fingerprint density at radius 3 is 2.31 bits per heavy atom. The van der Waals surface area contributed by atoms with Crippen molar-refractivity contribution in [2.75, 3.05) is 29.9 Å². The second-order valence-electron chi connectivity index (χ2n) is 8.26. The lowest BCUT2D eigenvalue weighted by atomic mass is 10.0. The summed E-state index contributed by atoms with van der Waals surface area (Å²) < 4.78 is 28.0. The van der Waals surface area contributed by atoms with Gasteiger partial charge in [0.05, 0.1) is 0 Å². The summed E-state index contributed by atoms with van der Waals surface area (Å²) in [6.07, 6.45) is 0. The van der Waals surface area contributed by atoms with Crippen LogP contribution in [-0.2, 0) is 11.3 Å². The van der Waals surface area contributed by atoms with E-state index in [9.17, 15) is 18.4 Å². The van der Waals surface area contributed by atoms with E-state index in [1.165, 1.54) is 6.07 Å². The lowest BCUT2D eigenvalue weighted by Gasteiger charge is -2.27. The van der Waals surface area contributed by atoms with Crippen LogP contribution in [0.5, 0.6) is 0 Å². The standard InChI is InChI=1S/C24H29F2N3O2S/c1-15(2)22(28-23(30)21-18(25)7-5-8-19(21)26)24(31)27-20-9-4-6-17(16(20)3)14-29-10-12-32-13-11-29/h4-9,15,22H,10-14H2,1-3H3,(H,27,31)(H,28,30)/t22-/m0/s1. The first-order chi connectivity index (χ1) is 15.3. The number of thioether (sulfide) groups is 1. The molecule has 1 fully saturated rings. The van der Waals surface area contributed by atoms with E-state index in [0.29, 0.717) is 5.69 Å². The molecule has 2 N–H and O–H groups in total. The average molecular weight is 462 g/mol. The fraction of sp³-hybridized carbons (Fsp3) is 0.417. The SMILES string of the molecule is Cc1c(CN2CCSCC2)cccc1NC(=O)[C@@H](NC(=O)c1c(F)cccc1F)C(C)C. The minimum atomic E-state index is -0.968. The maximum absolute atomic E-state index is 14.0. The second-order valence-corrected chi connectivity index (χ2v) is 9.48. The largest absolute Gasteiger partial charge is 0.340 e. The van der Waals surface area contributed by atoms with Gasteiger partial charge in [0.15, 0.2) is 0 Å². The molecule has 2 aromatic rings. The van der Waals surface area contributed by atoms with Crippen molar-refractivity contribution >= 4 is 29.3 Å². The number of nitrogens with one attached hydrogen (secondary N) is 2. The highest BCUT2D eigenvalue weighted by Crippen LogP contribution is 2.23. The summed E-state index contributed by atoms with van der Waals surface area (Å²) in [6, 6.07) is 8.02. The van der Waals surface area contributed by atoms with E-state index in [1.807, 2.05) is 30.8 Å². The van der Waals surface area contributed by atoms with Gasteiger partial charge in [-0.05, 0) is 42.2 Å². The van der Waals surface area contributed by atoms with E-state index in [2.05, 4.69) is 21.6 Å². The number of carbonyl (C=O) groups is 2. The number of hydrogen-bond donors (Lipinski definition) is 2. The smallest absolute Gasteiger partial charge is 0.257 e. The van der Waals surface area contributed by atoms with Crippen molar-refractivity contribution < 1.29 is 18.4 Å². The number of carbonyl (C=O) groups excluding carboxylic acids is 2. The highest BCUT2D eigenvalue weighted by atomic mass is 32.2. The molecule has 1 heterocycles. The highest BCUT2D eigenvalue weighted by molar-refractivity contribution is 7.99. The molecular weight excluding hydrogens is 432 g/mol. The monoisotopic (exact) mass is 461 g/mol. The Labute approximate surface area is 191 Å². The lowest BCUT2D eigenvalue weighted by molar-refractivity contribution is -0.118. The van der Waals surface area contributed by atoms with Crippen LogP contribution in [-0.4, -0.2) is 47.4 Å². The van der Waals surface area contributed by atoms with E-state index in [-0.39, 0.29) is 5.92 Å². The van der Waals surface area contributed by atoms with Gasteiger partial charge in [-0.2, -0.15) is 11.8 Å². The van der Waals surface area contributed by atoms with Crippen molar-refractivity contribution in [3.8, 4) is 0 Å². The summed E-state index contributed by atoms with van der Waals surface area (Å²) in [4.78, 5) is 27.9. The van der Waals surface area contributed by atoms with E-state index in [1.54, 1.807) is 13.8 Å². The third-order valence-electron chi connectivity index (χ3n) is 5.63. The number of rotatable bonds is 7. The molecule has 0 radical (unpaired) electrons. The first-order valence-corrected chi connectivity index (χ1v) is 11.9. The molecule has 0 saturated carbocycles. The molecule has 3 rings (SSSR count). The van der Waals surface area contributed by atoms with Gasteiger partial charge in [-0.25, -0.2) is 8.78 Å². The van der Waals surface area contributed by atoms with Crippen LogP contribution in [0.4, 0.5) is 14.5 Å². The molecule has 5 nitrogen and oxygen atoms in total. The summed E-state index contributed by atoms with van der Waals surface area (Å²) in [7, 11) is 0. The van der Waals surface area contributed by atoms with Crippen molar-refractivity contribution in [1.82, 2.24) is 10.2 Å². The summed E-state index contributed by atoms with van der Waals surface area (Å²) in [5, 5.41) is 5.38. The molecular formula is C24H29F2N3O2S. The first kappa shape index (κ1) is 24.2. The molecule has 0 unspecified atom stereocenters. The van der Waals surface area contributed by atoms with Crippen molar-refractivity contribution in [3.63, 3.8) is 0 Å². The number of benzene rings is 2. The highest BCUT2D eigenvalue weighted by Gasteiger charge is 2.28. The van der Waals surface area contributed by atoms with Gasteiger partial charge in [-0.15, -0.1) is 0 Å². The quantitative estimate of drug-likeness (QED) is 0.648. The zero-order chi connectivity index (χ0) is 23.3.